The van der Waals surface area contributed by atoms with Gasteiger partial charge in [-0.1, -0.05) is 34.1 Å². The first-order valence-electron chi connectivity index (χ1n) is 3.22. The van der Waals surface area contributed by atoms with E-state index in [1.165, 1.54) is 9.13 Å². The van der Waals surface area contributed by atoms with Crippen LogP contribution in [0.25, 0.3) is 5.57 Å². The SMILES string of the molecule is C=C(C)c1ccc(Br)cc1I. The number of benzene rings is 1. The van der Waals surface area contributed by atoms with Gasteiger partial charge in [-0.2, -0.15) is 0 Å². The van der Waals surface area contributed by atoms with Crippen LogP contribution in [-0.4, -0.2) is 0 Å². The summed E-state index contributed by atoms with van der Waals surface area (Å²) in [5, 5.41) is 0. The summed E-state index contributed by atoms with van der Waals surface area (Å²) in [6.45, 7) is 5.92. The van der Waals surface area contributed by atoms with Crippen LogP contribution in [0.15, 0.2) is 29.3 Å². The molecule has 0 aliphatic rings. The molecular formula is C9H8BrI. The zero-order valence-electron chi connectivity index (χ0n) is 6.20. The number of allylic oxidation sites excluding steroid dienone is 1. The molecule has 0 saturated carbocycles. The monoisotopic (exact) mass is 322 g/mol. The van der Waals surface area contributed by atoms with Crippen molar-refractivity contribution in [2.24, 2.45) is 0 Å². The second-order valence-corrected chi connectivity index (χ2v) is 4.48. The van der Waals surface area contributed by atoms with Crippen LogP contribution in [0.2, 0.25) is 0 Å². The summed E-state index contributed by atoms with van der Waals surface area (Å²) in [7, 11) is 0. The predicted molar refractivity (Wildman–Crippen MR) is 61.6 cm³/mol. The van der Waals surface area contributed by atoms with E-state index >= 15 is 0 Å². The van der Waals surface area contributed by atoms with Gasteiger partial charge in [-0.05, 0) is 47.2 Å². The Morgan fingerprint density at radius 1 is 1.55 bits per heavy atom. The Morgan fingerprint density at radius 2 is 2.18 bits per heavy atom. The van der Waals surface area contributed by atoms with Gasteiger partial charge in [0.05, 0.1) is 0 Å². The molecule has 0 aromatic heterocycles. The van der Waals surface area contributed by atoms with Crippen LogP contribution in [0.1, 0.15) is 12.5 Å². The van der Waals surface area contributed by atoms with Crippen LogP contribution < -0.4 is 0 Å². The molecule has 0 aliphatic carbocycles. The van der Waals surface area contributed by atoms with Crippen LogP contribution in [0.3, 0.4) is 0 Å². The molecule has 0 aliphatic heterocycles. The molecule has 1 aromatic rings. The summed E-state index contributed by atoms with van der Waals surface area (Å²) in [4.78, 5) is 0. The van der Waals surface area contributed by atoms with Gasteiger partial charge in [0.2, 0.25) is 0 Å². The molecule has 0 bridgehead atoms. The molecule has 11 heavy (non-hydrogen) atoms. The van der Waals surface area contributed by atoms with Crippen molar-refractivity contribution in [3.8, 4) is 0 Å². The highest BCUT2D eigenvalue weighted by Crippen LogP contribution is 2.22. The van der Waals surface area contributed by atoms with E-state index in [1.807, 2.05) is 13.0 Å². The quantitative estimate of drug-likeness (QED) is 0.683. The molecule has 0 unspecified atom stereocenters. The largest absolute Gasteiger partial charge is 0.0955 e. The molecule has 0 radical (unpaired) electrons. The molecule has 0 fully saturated rings. The Bertz CT molecular complexity index is 292. The van der Waals surface area contributed by atoms with E-state index in [2.05, 4.69) is 57.2 Å². The average Bonchev–Trinajstić information content (AvgIpc) is 1.85. The summed E-state index contributed by atoms with van der Waals surface area (Å²) in [5.74, 6) is 0. The number of rotatable bonds is 1. The molecule has 1 rings (SSSR count). The standard InChI is InChI=1S/C9H8BrI/c1-6(2)8-4-3-7(10)5-9(8)11/h3-5H,1H2,2H3. The molecule has 0 N–H and O–H groups in total. The van der Waals surface area contributed by atoms with E-state index in [0.29, 0.717) is 0 Å². The normalized spacial score (nSPS) is 9.73. The number of hydrogen-bond acceptors (Lipinski definition) is 0. The molecule has 0 amide bonds. The van der Waals surface area contributed by atoms with Crippen molar-refractivity contribution in [1.29, 1.82) is 0 Å². The Balaban J connectivity index is 3.20. The molecule has 0 atom stereocenters. The van der Waals surface area contributed by atoms with E-state index in [4.69, 9.17) is 0 Å². The lowest BCUT2D eigenvalue weighted by Gasteiger charge is -2.02. The fourth-order valence-electron chi connectivity index (χ4n) is 0.836. The molecule has 0 spiro atoms. The molecule has 0 nitrogen and oxygen atoms in total. The van der Waals surface area contributed by atoms with E-state index < -0.39 is 0 Å². The van der Waals surface area contributed by atoms with Gasteiger partial charge in [0, 0.05) is 8.04 Å². The Morgan fingerprint density at radius 3 is 2.64 bits per heavy atom. The third-order valence-corrected chi connectivity index (χ3v) is 2.78. The van der Waals surface area contributed by atoms with Gasteiger partial charge in [0.25, 0.3) is 0 Å². The second kappa shape index (κ2) is 3.72. The Hall–Kier alpha value is 0.170. The average molecular weight is 323 g/mol. The van der Waals surface area contributed by atoms with Crippen molar-refractivity contribution in [1.82, 2.24) is 0 Å². The fourth-order valence-corrected chi connectivity index (χ4v) is 2.60. The first kappa shape index (κ1) is 9.26. The minimum atomic E-state index is 1.11. The van der Waals surface area contributed by atoms with Gasteiger partial charge >= 0.3 is 0 Å². The van der Waals surface area contributed by atoms with Gasteiger partial charge in [-0.25, -0.2) is 0 Å². The van der Waals surface area contributed by atoms with Gasteiger partial charge in [-0.15, -0.1) is 0 Å². The van der Waals surface area contributed by atoms with Gasteiger partial charge in [0.1, 0.15) is 0 Å². The van der Waals surface area contributed by atoms with E-state index in [9.17, 15) is 0 Å². The van der Waals surface area contributed by atoms with Crippen LogP contribution >= 0.6 is 38.5 Å². The summed E-state index contributed by atoms with van der Waals surface area (Å²) < 4.78 is 2.36. The predicted octanol–water partition coefficient (Wildman–Crippen LogP) is 4.09. The Kier molecular flexibility index (Phi) is 3.13. The minimum absolute atomic E-state index is 1.11. The third-order valence-electron chi connectivity index (χ3n) is 1.39. The Labute approximate surface area is 89.0 Å². The maximum atomic E-state index is 3.90. The molecule has 0 saturated heterocycles. The van der Waals surface area contributed by atoms with Crippen LogP contribution in [0.4, 0.5) is 0 Å². The summed E-state index contributed by atoms with van der Waals surface area (Å²) >= 11 is 5.72. The zero-order valence-corrected chi connectivity index (χ0v) is 9.94. The van der Waals surface area contributed by atoms with E-state index in [0.717, 1.165) is 10.0 Å². The lowest BCUT2D eigenvalue weighted by atomic mass is 10.1. The van der Waals surface area contributed by atoms with E-state index in [-0.39, 0.29) is 0 Å². The van der Waals surface area contributed by atoms with Crippen molar-refractivity contribution in [3.05, 3.63) is 38.4 Å². The van der Waals surface area contributed by atoms with Crippen LogP contribution in [0.5, 0.6) is 0 Å². The smallest absolute Gasteiger partial charge is 0.0216 e. The zero-order chi connectivity index (χ0) is 8.43. The first-order chi connectivity index (χ1) is 5.11. The highest BCUT2D eigenvalue weighted by Gasteiger charge is 1.99. The minimum Gasteiger partial charge on any atom is -0.0955 e. The molecule has 0 heterocycles. The molecule has 1 aromatic carbocycles. The lowest BCUT2D eigenvalue weighted by molar-refractivity contribution is 1.51. The molecule has 2 heteroatoms. The molecular weight excluding hydrogens is 315 g/mol. The van der Waals surface area contributed by atoms with Gasteiger partial charge in [0.15, 0.2) is 0 Å². The van der Waals surface area contributed by atoms with E-state index in [1.54, 1.807) is 0 Å². The van der Waals surface area contributed by atoms with Crippen molar-refractivity contribution >= 4 is 44.1 Å². The summed E-state index contributed by atoms with van der Waals surface area (Å²) in [6.07, 6.45) is 0. The molecule has 58 valence electrons. The van der Waals surface area contributed by atoms with Crippen molar-refractivity contribution in [2.45, 2.75) is 6.92 Å². The highest BCUT2D eigenvalue weighted by molar-refractivity contribution is 14.1. The number of hydrogen-bond donors (Lipinski definition) is 0. The van der Waals surface area contributed by atoms with Gasteiger partial charge in [-0.3, -0.25) is 0 Å². The van der Waals surface area contributed by atoms with Crippen LogP contribution in [0, 0.1) is 3.57 Å². The third kappa shape index (κ3) is 2.30. The lowest BCUT2D eigenvalue weighted by Crippen LogP contribution is -1.82. The van der Waals surface area contributed by atoms with Crippen molar-refractivity contribution in [3.63, 3.8) is 0 Å². The maximum Gasteiger partial charge on any atom is 0.0216 e. The van der Waals surface area contributed by atoms with Crippen molar-refractivity contribution in [2.75, 3.05) is 0 Å². The first-order valence-corrected chi connectivity index (χ1v) is 5.09. The van der Waals surface area contributed by atoms with Crippen molar-refractivity contribution < 1.29 is 0 Å². The highest BCUT2D eigenvalue weighted by atomic mass is 127. The number of halogens is 2. The fraction of sp³-hybridized carbons (Fsp3) is 0.111. The maximum absolute atomic E-state index is 3.90. The topological polar surface area (TPSA) is 0 Å². The van der Waals surface area contributed by atoms with Gasteiger partial charge < -0.3 is 0 Å². The summed E-state index contributed by atoms with van der Waals surface area (Å²) in [5.41, 5.74) is 2.34. The second-order valence-electron chi connectivity index (χ2n) is 2.40. The summed E-state index contributed by atoms with van der Waals surface area (Å²) in [6, 6.07) is 6.20. The van der Waals surface area contributed by atoms with Crippen LogP contribution in [-0.2, 0) is 0 Å².